The van der Waals surface area contributed by atoms with Gasteiger partial charge in [0.2, 0.25) is 0 Å². The molecule has 106 valence electrons. The van der Waals surface area contributed by atoms with Crippen molar-refractivity contribution < 1.29 is 0 Å². The van der Waals surface area contributed by atoms with Gasteiger partial charge in [0.15, 0.2) is 0 Å². The fourth-order valence-electron chi connectivity index (χ4n) is 2.47. The van der Waals surface area contributed by atoms with Crippen molar-refractivity contribution >= 4 is 5.69 Å². The van der Waals surface area contributed by atoms with Crippen LogP contribution in [0.1, 0.15) is 33.4 Å². The highest BCUT2D eigenvalue weighted by Crippen LogP contribution is 2.27. The number of aryl methyl sites for hydroxylation is 2. The van der Waals surface area contributed by atoms with Crippen LogP contribution in [-0.2, 0) is 13.1 Å². The van der Waals surface area contributed by atoms with E-state index < -0.39 is 0 Å². The lowest BCUT2D eigenvalue weighted by atomic mass is 9.98. The summed E-state index contributed by atoms with van der Waals surface area (Å²) in [6.07, 6.45) is 0. The minimum Gasteiger partial charge on any atom is -0.381 e. The molecule has 2 aromatic rings. The zero-order valence-corrected chi connectivity index (χ0v) is 12.9. The van der Waals surface area contributed by atoms with Gasteiger partial charge in [-0.25, -0.2) is 0 Å². The molecule has 3 N–H and O–H groups in total. The van der Waals surface area contributed by atoms with Gasteiger partial charge in [0.05, 0.1) is 0 Å². The second kappa shape index (κ2) is 6.10. The van der Waals surface area contributed by atoms with Crippen LogP contribution in [0, 0.1) is 27.7 Å². The van der Waals surface area contributed by atoms with Crippen LogP contribution in [0.3, 0.4) is 0 Å². The molecular weight excluding hydrogens is 244 g/mol. The Morgan fingerprint density at radius 1 is 0.850 bits per heavy atom. The Kier molecular flexibility index (Phi) is 4.46. The topological polar surface area (TPSA) is 38.0 Å². The first-order chi connectivity index (χ1) is 9.52. The summed E-state index contributed by atoms with van der Waals surface area (Å²) in [4.78, 5) is 0. The third kappa shape index (κ3) is 3.02. The molecule has 2 aromatic carbocycles. The summed E-state index contributed by atoms with van der Waals surface area (Å²) in [6.45, 7) is 10.1. The molecule has 0 aliphatic carbocycles. The van der Waals surface area contributed by atoms with Crippen molar-refractivity contribution in [2.24, 2.45) is 5.73 Å². The smallest absolute Gasteiger partial charge is 0.0407 e. The van der Waals surface area contributed by atoms with Crippen LogP contribution < -0.4 is 11.1 Å². The molecule has 0 aromatic heterocycles. The predicted molar refractivity (Wildman–Crippen MR) is 87.1 cm³/mol. The van der Waals surface area contributed by atoms with Gasteiger partial charge in [-0.1, -0.05) is 30.3 Å². The molecule has 0 radical (unpaired) electrons. The molecule has 2 rings (SSSR count). The fourth-order valence-corrected chi connectivity index (χ4v) is 2.47. The standard InChI is InChI=1S/C18H24N2/c1-12-9-13(2)15(4)18(14(12)3)20-11-17-7-5-16(10-19)6-8-17/h5-9,20H,10-11,19H2,1-4H3. The first kappa shape index (κ1) is 14.6. The van der Waals surface area contributed by atoms with E-state index in [1.165, 1.54) is 39.1 Å². The molecule has 0 amide bonds. The quantitative estimate of drug-likeness (QED) is 0.880. The van der Waals surface area contributed by atoms with E-state index in [1.807, 2.05) is 0 Å². The van der Waals surface area contributed by atoms with Crippen LogP contribution in [-0.4, -0.2) is 0 Å². The van der Waals surface area contributed by atoms with Crippen LogP contribution in [0.2, 0.25) is 0 Å². The van der Waals surface area contributed by atoms with E-state index in [-0.39, 0.29) is 0 Å². The molecule has 20 heavy (non-hydrogen) atoms. The zero-order chi connectivity index (χ0) is 14.7. The maximum atomic E-state index is 5.62. The third-order valence-corrected chi connectivity index (χ3v) is 4.09. The largest absolute Gasteiger partial charge is 0.381 e. The average Bonchev–Trinajstić information content (AvgIpc) is 2.46. The first-order valence-corrected chi connectivity index (χ1v) is 7.12. The van der Waals surface area contributed by atoms with Gasteiger partial charge in [-0.3, -0.25) is 0 Å². The van der Waals surface area contributed by atoms with E-state index >= 15 is 0 Å². The molecule has 0 saturated heterocycles. The molecule has 0 aliphatic heterocycles. The van der Waals surface area contributed by atoms with Crippen LogP contribution in [0.15, 0.2) is 30.3 Å². The molecule has 0 bridgehead atoms. The Hall–Kier alpha value is -1.80. The lowest BCUT2D eigenvalue weighted by Crippen LogP contribution is -2.05. The number of hydrogen-bond acceptors (Lipinski definition) is 2. The monoisotopic (exact) mass is 268 g/mol. The van der Waals surface area contributed by atoms with Crippen molar-refractivity contribution in [3.63, 3.8) is 0 Å². The van der Waals surface area contributed by atoms with Crippen molar-refractivity contribution in [2.75, 3.05) is 5.32 Å². The summed E-state index contributed by atoms with van der Waals surface area (Å²) in [5, 5.41) is 3.59. The summed E-state index contributed by atoms with van der Waals surface area (Å²) in [7, 11) is 0. The van der Waals surface area contributed by atoms with Crippen LogP contribution in [0.25, 0.3) is 0 Å². The molecule has 0 atom stereocenters. The molecule has 2 heteroatoms. The van der Waals surface area contributed by atoms with Crippen molar-refractivity contribution in [3.05, 3.63) is 63.7 Å². The maximum absolute atomic E-state index is 5.62. The zero-order valence-electron chi connectivity index (χ0n) is 12.9. The Bertz CT molecular complexity index is 572. The molecule has 0 fully saturated rings. The van der Waals surface area contributed by atoms with Crippen LogP contribution in [0.5, 0.6) is 0 Å². The molecule has 0 spiro atoms. The van der Waals surface area contributed by atoms with Gasteiger partial charge in [0.25, 0.3) is 0 Å². The van der Waals surface area contributed by atoms with Gasteiger partial charge in [-0.2, -0.15) is 0 Å². The molecule has 0 heterocycles. The third-order valence-electron chi connectivity index (χ3n) is 4.09. The average molecular weight is 268 g/mol. The van der Waals surface area contributed by atoms with Crippen molar-refractivity contribution in [1.29, 1.82) is 0 Å². The van der Waals surface area contributed by atoms with Crippen LogP contribution >= 0.6 is 0 Å². The number of nitrogens with two attached hydrogens (primary N) is 1. The van der Waals surface area contributed by atoms with Gasteiger partial charge >= 0.3 is 0 Å². The van der Waals surface area contributed by atoms with E-state index in [0.717, 1.165) is 6.54 Å². The van der Waals surface area contributed by atoms with E-state index in [4.69, 9.17) is 5.73 Å². The predicted octanol–water partition coefficient (Wildman–Crippen LogP) is 3.99. The number of rotatable bonds is 4. The minimum atomic E-state index is 0.600. The van der Waals surface area contributed by atoms with Gasteiger partial charge in [0, 0.05) is 18.8 Å². The Morgan fingerprint density at radius 2 is 1.35 bits per heavy atom. The summed E-state index contributed by atoms with van der Waals surface area (Å²) in [5.74, 6) is 0. The lowest BCUT2D eigenvalue weighted by molar-refractivity contribution is 1.06. The van der Waals surface area contributed by atoms with E-state index in [9.17, 15) is 0 Å². The van der Waals surface area contributed by atoms with Gasteiger partial charge in [-0.05, 0) is 61.1 Å². The highest BCUT2D eigenvalue weighted by Gasteiger charge is 2.07. The lowest BCUT2D eigenvalue weighted by Gasteiger charge is -2.17. The van der Waals surface area contributed by atoms with E-state index in [1.54, 1.807) is 0 Å². The number of nitrogens with one attached hydrogen (secondary N) is 1. The highest BCUT2D eigenvalue weighted by atomic mass is 14.9. The second-order valence-corrected chi connectivity index (χ2v) is 5.51. The highest BCUT2D eigenvalue weighted by molar-refractivity contribution is 5.62. The second-order valence-electron chi connectivity index (χ2n) is 5.51. The van der Waals surface area contributed by atoms with Gasteiger partial charge in [-0.15, -0.1) is 0 Å². The Balaban J connectivity index is 2.18. The number of anilines is 1. The van der Waals surface area contributed by atoms with Crippen LogP contribution in [0.4, 0.5) is 5.69 Å². The summed E-state index contributed by atoms with van der Waals surface area (Å²) in [6, 6.07) is 10.7. The molecule has 0 saturated carbocycles. The SMILES string of the molecule is Cc1cc(C)c(C)c(NCc2ccc(CN)cc2)c1C. The number of hydrogen-bond donors (Lipinski definition) is 2. The van der Waals surface area contributed by atoms with E-state index in [2.05, 4.69) is 63.3 Å². The van der Waals surface area contributed by atoms with Gasteiger partial charge in [0.1, 0.15) is 0 Å². The molecule has 0 aliphatic rings. The molecule has 0 unspecified atom stereocenters. The van der Waals surface area contributed by atoms with Crippen molar-refractivity contribution in [3.8, 4) is 0 Å². The van der Waals surface area contributed by atoms with Gasteiger partial charge < -0.3 is 11.1 Å². The Morgan fingerprint density at radius 3 is 1.85 bits per heavy atom. The number of benzene rings is 2. The summed E-state index contributed by atoms with van der Waals surface area (Å²) < 4.78 is 0. The maximum Gasteiger partial charge on any atom is 0.0407 e. The van der Waals surface area contributed by atoms with E-state index in [0.29, 0.717) is 6.54 Å². The molecular formula is C18H24N2. The van der Waals surface area contributed by atoms with Crippen molar-refractivity contribution in [2.45, 2.75) is 40.8 Å². The molecule has 2 nitrogen and oxygen atoms in total. The van der Waals surface area contributed by atoms with Crippen molar-refractivity contribution in [1.82, 2.24) is 0 Å². The Labute approximate surface area is 122 Å². The first-order valence-electron chi connectivity index (χ1n) is 7.12. The summed E-state index contributed by atoms with van der Waals surface area (Å²) in [5.41, 5.74) is 14.7. The fraction of sp³-hybridized carbons (Fsp3) is 0.333. The summed E-state index contributed by atoms with van der Waals surface area (Å²) >= 11 is 0. The minimum absolute atomic E-state index is 0.600. The normalized spacial score (nSPS) is 10.7.